The van der Waals surface area contributed by atoms with Gasteiger partial charge in [0.05, 0.1) is 0 Å². The van der Waals surface area contributed by atoms with Gasteiger partial charge in [0.25, 0.3) is 0 Å². The average molecular weight is 371 g/mol. The van der Waals surface area contributed by atoms with E-state index in [-0.39, 0.29) is 17.9 Å². The normalized spacial score (nSPS) is 11.1. The zero-order chi connectivity index (χ0) is 17.1. The molecule has 10 heteroatoms. The molecule has 0 unspecified atom stereocenters. The Bertz CT molecular complexity index is 871. The van der Waals surface area contributed by atoms with Gasteiger partial charge in [0.1, 0.15) is 11.4 Å². The van der Waals surface area contributed by atoms with Gasteiger partial charge in [-0.3, -0.25) is 0 Å². The monoisotopic (exact) mass is 371 g/mol. The minimum Gasteiger partial charge on any atom is -0.375 e. The van der Waals surface area contributed by atoms with Crippen LogP contribution in [0.3, 0.4) is 0 Å². The Labute approximate surface area is 143 Å². The molecule has 0 amide bonds. The molecule has 1 aromatic carbocycles. The van der Waals surface area contributed by atoms with Gasteiger partial charge in [-0.15, -0.1) is 0 Å². The number of nitrogens with zero attached hydrogens (tertiary/aromatic N) is 3. The molecule has 0 saturated carbocycles. The number of aromatic nitrogens is 3. The summed E-state index contributed by atoms with van der Waals surface area (Å²) in [4.78, 5) is 12.6. The van der Waals surface area contributed by atoms with Crippen molar-refractivity contribution in [1.82, 2.24) is 15.0 Å². The summed E-state index contributed by atoms with van der Waals surface area (Å²) >= 11 is 2.32. The number of hydrogen-bond acceptors (Lipinski definition) is 7. The van der Waals surface area contributed by atoms with Crippen molar-refractivity contribution in [3.8, 4) is 0 Å². The highest BCUT2D eigenvalue weighted by Gasteiger charge is 2.14. The van der Waals surface area contributed by atoms with Crippen LogP contribution < -0.4 is 11.1 Å². The molecule has 3 rings (SSSR count). The first-order chi connectivity index (χ1) is 11.6. The minimum absolute atomic E-state index is 0.0898. The standard InChI is InChI=1S/C14H12F3N5S2/c15-4-5-19-11-10-12(20-13(18)24-10)22-14(21-11)23-6-7-2-1-3-8(16)9(7)17/h1-3H,4-6H2,(H3,18,19,20,21,22). The molecule has 5 nitrogen and oxygen atoms in total. The van der Waals surface area contributed by atoms with E-state index in [1.54, 1.807) is 0 Å². The number of nitrogen functional groups attached to an aromatic ring is 1. The molecule has 0 saturated heterocycles. The van der Waals surface area contributed by atoms with Gasteiger partial charge < -0.3 is 11.1 Å². The van der Waals surface area contributed by atoms with Crippen LogP contribution >= 0.6 is 23.1 Å². The predicted molar refractivity (Wildman–Crippen MR) is 90.0 cm³/mol. The van der Waals surface area contributed by atoms with Crippen LogP contribution in [-0.2, 0) is 5.75 Å². The summed E-state index contributed by atoms with van der Waals surface area (Å²) in [6.45, 7) is -0.469. The quantitative estimate of drug-likeness (QED) is 0.509. The zero-order valence-electron chi connectivity index (χ0n) is 12.2. The Hall–Kier alpha value is -2.07. The van der Waals surface area contributed by atoms with Crippen LogP contribution in [0.15, 0.2) is 23.4 Å². The van der Waals surface area contributed by atoms with E-state index in [4.69, 9.17) is 5.73 Å². The molecule has 126 valence electrons. The van der Waals surface area contributed by atoms with Gasteiger partial charge in [0, 0.05) is 17.9 Å². The molecule has 0 spiro atoms. The highest BCUT2D eigenvalue weighted by Crippen LogP contribution is 2.31. The van der Waals surface area contributed by atoms with E-state index in [2.05, 4.69) is 20.3 Å². The van der Waals surface area contributed by atoms with Crippen LogP contribution in [0.2, 0.25) is 0 Å². The second-order valence-electron chi connectivity index (χ2n) is 4.68. The lowest BCUT2D eigenvalue weighted by atomic mass is 10.2. The van der Waals surface area contributed by atoms with Gasteiger partial charge in [-0.05, 0) is 6.07 Å². The van der Waals surface area contributed by atoms with Crippen LogP contribution in [0, 0.1) is 11.6 Å². The van der Waals surface area contributed by atoms with Gasteiger partial charge >= 0.3 is 0 Å². The second kappa shape index (κ2) is 7.22. The van der Waals surface area contributed by atoms with Crippen molar-refractivity contribution < 1.29 is 13.2 Å². The van der Waals surface area contributed by atoms with E-state index in [1.807, 2.05) is 0 Å². The van der Waals surface area contributed by atoms with E-state index in [1.165, 1.54) is 23.5 Å². The SMILES string of the molecule is Nc1nc2nc(SCc3cccc(F)c3F)nc(NCCF)c2s1. The number of benzene rings is 1. The lowest BCUT2D eigenvalue weighted by Crippen LogP contribution is -2.06. The number of halogens is 3. The third kappa shape index (κ3) is 3.54. The third-order valence-corrected chi connectivity index (χ3v) is 4.80. The molecule has 0 atom stereocenters. The first-order valence-corrected chi connectivity index (χ1v) is 8.68. The summed E-state index contributed by atoms with van der Waals surface area (Å²) in [5.74, 6) is -1.21. The van der Waals surface area contributed by atoms with E-state index in [0.717, 1.165) is 17.8 Å². The highest BCUT2D eigenvalue weighted by atomic mass is 32.2. The van der Waals surface area contributed by atoms with Gasteiger partial charge in [0.15, 0.2) is 33.4 Å². The molecule has 24 heavy (non-hydrogen) atoms. The molecule has 0 aliphatic rings. The fourth-order valence-corrected chi connectivity index (χ4v) is 3.53. The molecule has 0 radical (unpaired) electrons. The van der Waals surface area contributed by atoms with E-state index in [9.17, 15) is 13.2 Å². The number of anilines is 2. The molecular formula is C14H12F3N5S2. The van der Waals surface area contributed by atoms with Gasteiger partial charge in [-0.1, -0.05) is 35.2 Å². The topological polar surface area (TPSA) is 76.7 Å². The van der Waals surface area contributed by atoms with Crippen molar-refractivity contribution in [3.63, 3.8) is 0 Å². The summed E-state index contributed by atoms with van der Waals surface area (Å²) in [6.07, 6.45) is 0. The van der Waals surface area contributed by atoms with Crippen molar-refractivity contribution in [1.29, 1.82) is 0 Å². The van der Waals surface area contributed by atoms with Crippen molar-refractivity contribution in [2.24, 2.45) is 0 Å². The summed E-state index contributed by atoms with van der Waals surface area (Å²) < 4.78 is 40.0. The largest absolute Gasteiger partial charge is 0.375 e. The number of fused-ring (bicyclic) bond motifs is 1. The van der Waals surface area contributed by atoms with Crippen LogP contribution in [0.4, 0.5) is 24.1 Å². The molecular weight excluding hydrogens is 359 g/mol. The van der Waals surface area contributed by atoms with Gasteiger partial charge in [0.2, 0.25) is 0 Å². The second-order valence-corrected chi connectivity index (χ2v) is 6.65. The van der Waals surface area contributed by atoms with E-state index < -0.39 is 18.3 Å². The Morgan fingerprint density at radius 2 is 2.04 bits per heavy atom. The summed E-state index contributed by atoms with van der Waals surface area (Å²) in [7, 11) is 0. The van der Waals surface area contributed by atoms with Crippen LogP contribution in [0.25, 0.3) is 10.3 Å². The maximum Gasteiger partial charge on any atom is 0.191 e. The lowest BCUT2D eigenvalue weighted by molar-refractivity contribution is 0.502. The number of nitrogens with one attached hydrogen (secondary N) is 1. The predicted octanol–water partition coefficient (Wildman–Crippen LogP) is 3.62. The molecule has 3 aromatic rings. The van der Waals surface area contributed by atoms with Crippen molar-refractivity contribution in [2.45, 2.75) is 10.9 Å². The zero-order valence-corrected chi connectivity index (χ0v) is 13.9. The summed E-state index contributed by atoms with van der Waals surface area (Å²) in [6, 6.07) is 3.99. The molecule has 0 aliphatic carbocycles. The molecule has 2 aromatic heterocycles. The van der Waals surface area contributed by atoms with Gasteiger partial charge in [-0.2, -0.15) is 0 Å². The minimum atomic E-state index is -0.901. The van der Waals surface area contributed by atoms with E-state index >= 15 is 0 Å². The van der Waals surface area contributed by atoms with Gasteiger partial charge in [-0.25, -0.2) is 28.1 Å². The Morgan fingerprint density at radius 1 is 1.21 bits per heavy atom. The fraction of sp³-hybridized carbons (Fsp3) is 0.214. The Balaban J connectivity index is 1.87. The highest BCUT2D eigenvalue weighted by molar-refractivity contribution is 7.98. The lowest BCUT2D eigenvalue weighted by Gasteiger charge is -2.07. The third-order valence-electron chi connectivity index (χ3n) is 3.03. The number of thiazole rings is 1. The van der Waals surface area contributed by atoms with Crippen LogP contribution in [0.5, 0.6) is 0 Å². The number of nitrogens with two attached hydrogens (primary N) is 1. The average Bonchev–Trinajstić information content (AvgIpc) is 2.94. The molecule has 0 bridgehead atoms. The van der Waals surface area contributed by atoms with Crippen LogP contribution in [-0.4, -0.2) is 28.2 Å². The summed E-state index contributed by atoms with van der Waals surface area (Å²) in [5.41, 5.74) is 6.27. The molecule has 2 heterocycles. The number of rotatable bonds is 6. The summed E-state index contributed by atoms with van der Waals surface area (Å²) in [5, 5.41) is 3.49. The van der Waals surface area contributed by atoms with Crippen molar-refractivity contribution in [2.75, 3.05) is 24.3 Å². The first-order valence-electron chi connectivity index (χ1n) is 6.88. The number of hydrogen-bond donors (Lipinski definition) is 2. The van der Waals surface area contributed by atoms with Crippen molar-refractivity contribution >= 4 is 44.4 Å². The van der Waals surface area contributed by atoms with E-state index in [0.29, 0.717) is 26.5 Å². The molecule has 3 N–H and O–H groups in total. The van der Waals surface area contributed by atoms with Crippen LogP contribution in [0.1, 0.15) is 5.56 Å². The smallest absolute Gasteiger partial charge is 0.191 e. The Morgan fingerprint density at radius 3 is 2.83 bits per heavy atom. The number of alkyl halides is 1. The number of thioether (sulfide) groups is 1. The fourth-order valence-electron chi connectivity index (χ4n) is 1.97. The molecule has 0 aliphatic heterocycles. The van der Waals surface area contributed by atoms with Crippen molar-refractivity contribution in [3.05, 3.63) is 35.4 Å². The Kier molecular flexibility index (Phi) is 5.05. The molecule has 0 fully saturated rings. The first kappa shape index (κ1) is 16.8. The maximum atomic E-state index is 13.7. The maximum absolute atomic E-state index is 13.7.